The molecule has 0 radical (unpaired) electrons. The number of aromatic nitrogens is 3. The maximum absolute atomic E-state index is 11.8. The number of hydrogen-bond donors (Lipinski definition) is 4. The third-order valence-electron chi connectivity index (χ3n) is 4.63. The zero-order valence-electron chi connectivity index (χ0n) is 19.7. The monoisotopic (exact) mass is 455 g/mol. The maximum Gasteiger partial charge on any atom is 0.236 e. The molecular weight excluding hydrogens is 422 g/mol. The molecule has 0 fully saturated rings. The minimum atomic E-state index is -0.208. The second-order valence-electron chi connectivity index (χ2n) is 7.15. The molecule has 0 aromatic carbocycles. The van der Waals surface area contributed by atoms with Gasteiger partial charge in [0.1, 0.15) is 5.82 Å². The summed E-state index contributed by atoms with van der Waals surface area (Å²) < 4.78 is 10.3. The highest BCUT2D eigenvalue weighted by Gasteiger charge is 2.09. The average Bonchev–Trinajstić information content (AvgIpc) is 2.84. The van der Waals surface area contributed by atoms with Crippen molar-refractivity contribution in [3.63, 3.8) is 0 Å². The number of amides is 1. The predicted octanol–water partition coefficient (Wildman–Crippen LogP) is 1.93. The van der Waals surface area contributed by atoms with Crippen molar-refractivity contribution < 1.29 is 14.3 Å². The molecular formula is C23H33N7O3. The second-order valence-corrected chi connectivity index (χ2v) is 7.15. The van der Waals surface area contributed by atoms with Crippen LogP contribution in [0.15, 0.2) is 24.5 Å². The van der Waals surface area contributed by atoms with E-state index in [0.717, 1.165) is 18.5 Å². The van der Waals surface area contributed by atoms with Crippen LogP contribution in [0.3, 0.4) is 0 Å². The summed E-state index contributed by atoms with van der Waals surface area (Å²) in [5.74, 6) is 7.83. The van der Waals surface area contributed by atoms with Crippen LogP contribution in [0.2, 0.25) is 0 Å². The van der Waals surface area contributed by atoms with E-state index in [0.29, 0.717) is 49.3 Å². The summed E-state index contributed by atoms with van der Waals surface area (Å²) in [6, 6.07) is 3.36. The van der Waals surface area contributed by atoms with E-state index in [4.69, 9.17) is 9.47 Å². The van der Waals surface area contributed by atoms with Gasteiger partial charge in [-0.1, -0.05) is 11.8 Å². The van der Waals surface area contributed by atoms with Gasteiger partial charge in [0.2, 0.25) is 17.7 Å². The number of pyridine rings is 1. The van der Waals surface area contributed by atoms with Crippen molar-refractivity contribution >= 4 is 23.4 Å². The Morgan fingerprint density at radius 3 is 2.82 bits per heavy atom. The van der Waals surface area contributed by atoms with Crippen molar-refractivity contribution in [2.45, 2.75) is 32.2 Å². The summed E-state index contributed by atoms with van der Waals surface area (Å²) in [4.78, 5) is 24.8. The number of unbranched alkanes of at least 4 members (excludes halogenated alkanes) is 1. The third-order valence-corrected chi connectivity index (χ3v) is 4.63. The fraction of sp³-hybridized carbons (Fsp3) is 0.478. The lowest BCUT2D eigenvalue weighted by atomic mass is 10.2. The van der Waals surface area contributed by atoms with Crippen LogP contribution < -0.4 is 26.0 Å². The van der Waals surface area contributed by atoms with E-state index < -0.39 is 0 Å². The molecule has 2 heterocycles. The number of ether oxygens (including phenoxy) is 2. The van der Waals surface area contributed by atoms with Crippen LogP contribution in [0.4, 0.5) is 17.5 Å². The van der Waals surface area contributed by atoms with E-state index in [1.807, 2.05) is 6.92 Å². The summed E-state index contributed by atoms with van der Waals surface area (Å²) in [6.07, 6.45) is 5.58. The highest BCUT2D eigenvalue weighted by atomic mass is 16.5. The fourth-order valence-corrected chi connectivity index (χ4v) is 2.65. The van der Waals surface area contributed by atoms with Crippen molar-refractivity contribution in [3.05, 3.63) is 30.1 Å². The number of rotatable bonds is 13. The Hall–Kier alpha value is -3.42. The molecule has 0 spiro atoms. The van der Waals surface area contributed by atoms with Gasteiger partial charge in [-0.05, 0) is 32.9 Å². The molecule has 0 aliphatic rings. The highest BCUT2D eigenvalue weighted by Crippen LogP contribution is 2.19. The summed E-state index contributed by atoms with van der Waals surface area (Å²) in [5, 5.41) is 12.3. The Labute approximate surface area is 195 Å². The topological polar surface area (TPSA) is 122 Å². The molecule has 0 aliphatic heterocycles. The Bertz CT molecular complexity index is 943. The number of methoxy groups -OCH3 is 2. The first-order chi connectivity index (χ1) is 16.1. The van der Waals surface area contributed by atoms with E-state index in [1.165, 1.54) is 0 Å². The molecule has 0 saturated carbocycles. The van der Waals surface area contributed by atoms with Gasteiger partial charge in [-0.25, -0.2) is 9.97 Å². The molecule has 2 aromatic heterocycles. The maximum atomic E-state index is 11.8. The molecule has 4 N–H and O–H groups in total. The largest absolute Gasteiger partial charge is 0.481 e. The van der Waals surface area contributed by atoms with Gasteiger partial charge in [-0.15, -0.1) is 0 Å². The Kier molecular flexibility index (Phi) is 11.4. The summed E-state index contributed by atoms with van der Waals surface area (Å²) in [7, 11) is 5.00. The molecule has 10 nitrogen and oxygen atoms in total. The molecule has 2 rings (SSSR count). The van der Waals surface area contributed by atoms with Gasteiger partial charge in [0.25, 0.3) is 0 Å². The standard InChI is InChI=1S/C23H33N7O3/c1-17(24-2)22(31)27-11-7-5-6-9-18-16-28-23(30-21(18)26-12-8-14-32-3)29-19-10-13-25-20(15-19)33-4/h10,13,15-17,24H,5,7-8,11-12,14H2,1-4H3,(H,27,31)(H2,25,26,28,29,30)/t17-/m0/s1. The van der Waals surface area contributed by atoms with Crippen molar-refractivity contribution in [2.75, 3.05) is 51.6 Å². The van der Waals surface area contributed by atoms with Crippen LogP contribution in [-0.2, 0) is 9.53 Å². The van der Waals surface area contributed by atoms with E-state index >= 15 is 0 Å². The van der Waals surface area contributed by atoms with Gasteiger partial charge >= 0.3 is 0 Å². The van der Waals surface area contributed by atoms with Crippen LogP contribution in [0.1, 0.15) is 31.7 Å². The average molecular weight is 456 g/mol. The number of likely N-dealkylation sites (N-methyl/N-ethyl adjacent to an activating group) is 1. The molecule has 1 atom stereocenters. The Morgan fingerprint density at radius 2 is 2.06 bits per heavy atom. The minimum absolute atomic E-state index is 0.0173. The first-order valence-corrected chi connectivity index (χ1v) is 10.9. The van der Waals surface area contributed by atoms with Crippen molar-refractivity contribution in [1.29, 1.82) is 0 Å². The number of carbonyl (C=O) groups is 1. The van der Waals surface area contributed by atoms with E-state index in [1.54, 1.807) is 45.8 Å². The first-order valence-electron chi connectivity index (χ1n) is 10.9. The first kappa shape index (κ1) is 25.8. The zero-order chi connectivity index (χ0) is 23.9. The second kappa shape index (κ2) is 14.6. The lowest BCUT2D eigenvalue weighted by Gasteiger charge is -2.11. The molecule has 0 bridgehead atoms. The van der Waals surface area contributed by atoms with Crippen LogP contribution in [0.25, 0.3) is 0 Å². The highest BCUT2D eigenvalue weighted by molar-refractivity contribution is 5.81. The fourth-order valence-electron chi connectivity index (χ4n) is 2.65. The summed E-state index contributed by atoms with van der Waals surface area (Å²) in [6.45, 7) is 3.74. The summed E-state index contributed by atoms with van der Waals surface area (Å²) >= 11 is 0. The van der Waals surface area contributed by atoms with Crippen molar-refractivity contribution in [3.8, 4) is 17.7 Å². The SMILES string of the molecule is CN[C@@H](C)C(=O)NCCCC#Cc1cnc(Nc2ccnc(OC)c2)nc1NCCCOC. The Morgan fingerprint density at radius 1 is 1.21 bits per heavy atom. The molecule has 0 unspecified atom stereocenters. The van der Waals surface area contributed by atoms with Gasteiger partial charge in [-0.3, -0.25) is 4.79 Å². The van der Waals surface area contributed by atoms with Gasteiger partial charge in [0, 0.05) is 51.2 Å². The molecule has 0 saturated heterocycles. The smallest absolute Gasteiger partial charge is 0.236 e. The van der Waals surface area contributed by atoms with E-state index in [9.17, 15) is 4.79 Å². The van der Waals surface area contributed by atoms with Crippen LogP contribution in [-0.4, -0.2) is 67.9 Å². The minimum Gasteiger partial charge on any atom is -0.481 e. The van der Waals surface area contributed by atoms with E-state index in [-0.39, 0.29) is 11.9 Å². The normalized spacial score (nSPS) is 11.2. The van der Waals surface area contributed by atoms with Gasteiger partial charge in [0.05, 0.1) is 24.9 Å². The van der Waals surface area contributed by atoms with Crippen LogP contribution >= 0.6 is 0 Å². The van der Waals surface area contributed by atoms with Crippen LogP contribution in [0, 0.1) is 11.8 Å². The predicted molar refractivity (Wildman–Crippen MR) is 129 cm³/mol. The lowest BCUT2D eigenvalue weighted by Crippen LogP contribution is -2.40. The van der Waals surface area contributed by atoms with Crippen molar-refractivity contribution in [2.24, 2.45) is 0 Å². The number of nitrogens with one attached hydrogen (secondary N) is 4. The Balaban J connectivity index is 2.02. The van der Waals surface area contributed by atoms with Crippen LogP contribution in [0.5, 0.6) is 5.88 Å². The quantitative estimate of drug-likeness (QED) is 0.265. The third kappa shape index (κ3) is 9.31. The molecule has 1 amide bonds. The molecule has 0 aliphatic carbocycles. The lowest BCUT2D eigenvalue weighted by molar-refractivity contribution is -0.122. The number of anilines is 3. The molecule has 178 valence electrons. The molecule has 33 heavy (non-hydrogen) atoms. The van der Waals surface area contributed by atoms with Gasteiger partial charge < -0.3 is 30.7 Å². The number of carbonyl (C=O) groups excluding carboxylic acids is 1. The molecule has 10 heteroatoms. The van der Waals surface area contributed by atoms with E-state index in [2.05, 4.69) is 48.1 Å². The van der Waals surface area contributed by atoms with Crippen molar-refractivity contribution in [1.82, 2.24) is 25.6 Å². The summed E-state index contributed by atoms with van der Waals surface area (Å²) in [5.41, 5.74) is 1.47. The number of nitrogens with zero attached hydrogens (tertiary/aromatic N) is 3. The zero-order valence-corrected chi connectivity index (χ0v) is 19.7. The number of hydrogen-bond acceptors (Lipinski definition) is 9. The van der Waals surface area contributed by atoms with Gasteiger partial charge in [0.15, 0.2) is 0 Å². The van der Waals surface area contributed by atoms with Gasteiger partial charge in [-0.2, -0.15) is 4.98 Å². The molecule has 2 aromatic rings.